The predicted octanol–water partition coefficient (Wildman–Crippen LogP) is 1.63. The highest BCUT2D eigenvalue weighted by Gasteiger charge is 2.48. The van der Waals surface area contributed by atoms with E-state index < -0.39 is 27.5 Å². The minimum atomic E-state index is -3.42. The third-order valence-electron chi connectivity index (χ3n) is 6.97. The molecular formula is C26H34N4O5S. The quantitative estimate of drug-likeness (QED) is 0.579. The van der Waals surface area contributed by atoms with Crippen molar-refractivity contribution in [3.63, 3.8) is 0 Å². The summed E-state index contributed by atoms with van der Waals surface area (Å²) in [5.74, 6) is -0.0956. The number of piperidine rings is 1. The summed E-state index contributed by atoms with van der Waals surface area (Å²) in [5.41, 5.74) is 6.17. The Hall–Kier alpha value is -3.11. The minimum Gasteiger partial charge on any atom is -0.491 e. The Morgan fingerprint density at radius 3 is 2.31 bits per heavy atom. The molecule has 2 heterocycles. The number of para-hydroxylation sites is 2. The smallest absolute Gasteiger partial charge is 0.248 e. The lowest BCUT2D eigenvalue weighted by molar-refractivity contribution is -0.139. The number of rotatable bonds is 7. The number of anilines is 1. The van der Waals surface area contributed by atoms with Crippen molar-refractivity contribution in [1.29, 1.82) is 0 Å². The van der Waals surface area contributed by atoms with Crippen LogP contribution in [0.25, 0.3) is 0 Å². The first kappa shape index (κ1) is 26.0. The maximum Gasteiger partial charge on any atom is 0.248 e. The van der Waals surface area contributed by atoms with Crippen molar-refractivity contribution < 1.29 is 22.7 Å². The zero-order valence-corrected chi connectivity index (χ0v) is 21.8. The van der Waals surface area contributed by atoms with E-state index in [4.69, 9.17) is 10.5 Å². The molecule has 2 aliphatic rings. The number of carbonyl (C=O) groups excluding carboxylic acids is 2. The van der Waals surface area contributed by atoms with Crippen LogP contribution in [0.15, 0.2) is 54.6 Å². The predicted molar refractivity (Wildman–Crippen MR) is 138 cm³/mol. The minimum absolute atomic E-state index is 0.0308. The maximum atomic E-state index is 13.5. The molecule has 2 aromatic carbocycles. The molecule has 1 fully saturated rings. The number of nitrogens with zero attached hydrogens (tertiary/aromatic N) is 2. The molecule has 2 amide bonds. The number of carbonyl (C=O) groups is 2. The number of nitrogens with two attached hydrogens (primary N) is 1. The normalized spacial score (nSPS) is 18.0. The van der Waals surface area contributed by atoms with E-state index in [1.165, 1.54) is 10.6 Å². The highest BCUT2D eigenvalue weighted by atomic mass is 32.2. The van der Waals surface area contributed by atoms with Crippen LogP contribution in [0.3, 0.4) is 0 Å². The molecule has 10 heteroatoms. The molecule has 0 unspecified atom stereocenters. The van der Waals surface area contributed by atoms with Gasteiger partial charge in [0.15, 0.2) is 0 Å². The van der Waals surface area contributed by atoms with Gasteiger partial charge in [0.1, 0.15) is 18.4 Å². The van der Waals surface area contributed by atoms with Gasteiger partial charge in [0.2, 0.25) is 21.8 Å². The molecule has 1 spiro atoms. The summed E-state index contributed by atoms with van der Waals surface area (Å²) in [7, 11) is -3.42. The Morgan fingerprint density at radius 1 is 1.08 bits per heavy atom. The van der Waals surface area contributed by atoms with E-state index in [9.17, 15) is 18.0 Å². The van der Waals surface area contributed by atoms with Gasteiger partial charge in [0.05, 0.1) is 17.5 Å². The molecule has 36 heavy (non-hydrogen) atoms. The Labute approximate surface area is 212 Å². The number of sulfonamides is 1. The third-order valence-corrected chi connectivity index (χ3v) is 8.10. The van der Waals surface area contributed by atoms with Crippen LogP contribution < -0.4 is 20.1 Å². The summed E-state index contributed by atoms with van der Waals surface area (Å²) in [6, 6.07) is 15.8. The van der Waals surface area contributed by atoms with Crippen molar-refractivity contribution in [3.05, 3.63) is 60.2 Å². The first-order valence-corrected chi connectivity index (χ1v) is 13.9. The molecule has 194 valence electrons. The molecule has 3 N–H and O–H groups in total. The van der Waals surface area contributed by atoms with E-state index in [1.807, 2.05) is 42.5 Å². The number of fused-ring (bicyclic) bond motifs is 2. The first-order valence-electron chi connectivity index (χ1n) is 12.0. The van der Waals surface area contributed by atoms with Crippen molar-refractivity contribution in [3.8, 4) is 5.75 Å². The lowest BCUT2D eigenvalue weighted by Gasteiger charge is -2.41. The standard InChI is InChI=1S/C26H34N4O5S/c1-25(2,27)24(32)28-21(17-35-19-9-5-4-6-10-19)23(31)29-15-13-26(14-16-29)18-30(36(3,33)34)22-12-8-7-11-20(22)26/h4-12,21H,13-18,27H2,1-3H3,(H,28,32)/t21-/m1/s1. The monoisotopic (exact) mass is 514 g/mol. The van der Waals surface area contributed by atoms with Gasteiger partial charge in [-0.3, -0.25) is 13.9 Å². The van der Waals surface area contributed by atoms with E-state index in [0.29, 0.717) is 43.9 Å². The molecule has 2 aliphatic heterocycles. The topological polar surface area (TPSA) is 122 Å². The Morgan fingerprint density at radius 2 is 1.69 bits per heavy atom. The molecule has 1 saturated heterocycles. The molecular weight excluding hydrogens is 480 g/mol. The Bertz CT molecular complexity index is 1220. The molecule has 4 rings (SSSR count). The fraction of sp³-hybridized carbons (Fsp3) is 0.462. The van der Waals surface area contributed by atoms with Crippen molar-refractivity contribution in [2.24, 2.45) is 5.73 Å². The number of benzene rings is 2. The number of nitrogens with one attached hydrogen (secondary N) is 1. The van der Waals surface area contributed by atoms with Gasteiger partial charge in [-0.05, 0) is 50.5 Å². The lowest BCUT2D eigenvalue weighted by Crippen LogP contribution is -2.59. The van der Waals surface area contributed by atoms with Crippen LogP contribution >= 0.6 is 0 Å². The van der Waals surface area contributed by atoms with Crippen molar-refractivity contribution >= 4 is 27.5 Å². The summed E-state index contributed by atoms with van der Waals surface area (Å²) < 4.78 is 32.2. The molecule has 0 aromatic heterocycles. The summed E-state index contributed by atoms with van der Waals surface area (Å²) in [6.07, 6.45) is 2.45. The molecule has 0 radical (unpaired) electrons. The maximum absolute atomic E-state index is 13.5. The molecule has 0 aliphatic carbocycles. The second kappa shape index (κ2) is 9.74. The van der Waals surface area contributed by atoms with Crippen molar-refractivity contribution in [2.75, 3.05) is 36.8 Å². The van der Waals surface area contributed by atoms with Gasteiger partial charge in [0, 0.05) is 25.0 Å². The Balaban J connectivity index is 1.49. The highest BCUT2D eigenvalue weighted by Crippen LogP contribution is 2.47. The van der Waals surface area contributed by atoms with Crippen molar-refractivity contribution in [2.45, 2.75) is 43.7 Å². The van der Waals surface area contributed by atoms with Gasteiger partial charge in [0.25, 0.3) is 0 Å². The fourth-order valence-electron chi connectivity index (χ4n) is 4.90. The first-order chi connectivity index (χ1) is 16.9. The van der Waals surface area contributed by atoms with E-state index in [2.05, 4.69) is 5.32 Å². The van der Waals surface area contributed by atoms with Gasteiger partial charge < -0.3 is 20.7 Å². The van der Waals surface area contributed by atoms with E-state index in [1.54, 1.807) is 30.9 Å². The summed E-state index contributed by atoms with van der Waals surface area (Å²) in [4.78, 5) is 27.9. The SMILES string of the molecule is CC(C)(N)C(=O)N[C@H](COc1ccccc1)C(=O)N1CCC2(CC1)CN(S(C)(=O)=O)c1ccccc12. The number of likely N-dealkylation sites (tertiary alicyclic amines) is 1. The number of hydrogen-bond donors (Lipinski definition) is 2. The van der Waals surface area contributed by atoms with E-state index in [-0.39, 0.29) is 17.9 Å². The van der Waals surface area contributed by atoms with Gasteiger partial charge in [-0.15, -0.1) is 0 Å². The lowest BCUT2D eigenvalue weighted by atomic mass is 9.74. The molecule has 1 atom stereocenters. The van der Waals surface area contributed by atoms with Crippen molar-refractivity contribution in [1.82, 2.24) is 10.2 Å². The van der Waals surface area contributed by atoms with Crippen LogP contribution in [0, 0.1) is 0 Å². The third kappa shape index (κ3) is 5.34. The number of hydrogen-bond acceptors (Lipinski definition) is 6. The second-order valence-corrected chi connectivity index (χ2v) is 12.2. The Kier molecular flexibility index (Phi) is 7.03. The van der Waals surface area contributed by atoms with Gasteiger partial charge in [-0.25, -0.2) is 8.42 Å². The fourth-order valence-corrected chi connectivity index (χ4v) is 5.90. The van der Waals surface area contributed by atoms with Crippen LogP contribution in [-0.4, -0.2) is 69.2 Å². The molecule has 2 aromatic rings. The van der Waals surface area contributed by atoms with Crippen LogP contribution in [0.2, 0.25) is 0 Å². The highest BCUT2D eigenvalue weighted by molar-refractivity contribution is 7.92. The van der Waals surface area contributed by atoms with Gasteiger partial charge in [-0.1, -0.05) is 36.4 Å². The van der Waals surface area contributed by atoms with E-state index >= 15 is 0 Å². The second-order valence-electron chi connectivity index (χ2n) is 10.3. The molecule has 9 nitrogen and oxygen atoms in total. The summed E-state index contributed by atoms with van der Waals surface area (Å²) in [5, 5.41) is 2.76. The van der Waals surface area contributed by atoms with Crippen LogP contribution in [-0.2, 0) is 25.0 Å². The van der Waals surface area contributed by atoms with Gasteiger partial charge >= 0.3 is 0 Å². The zero-order chi connectivity index (χ0) is 26.1. The van der Waals surface area contributed by atoms with E-state index in [0.717, 1.165) is 5.56 Å². The largest absolute Gasteiger partial charge is 0.491 e. The van der Waals surface area contributed by atoms with Crippen LogP contribution in [0.5, 0.6) is 5.75 Å². The molecule has 0 bridgehead atoms. The molecule has 0 saturated carbocycles. The average Bonchev–Trinajstić information content (AvgIpc) is 3.16. The average molecular weight is 515 g/mol. The van der Waals surface area contributed by atoms with Crippen LogP contribution in [0.1, 0.15) is 32.3 Å². The number of amides is 2. The van der Waals surface area contributed by atoms with Crippen LogP contribution in [0.4, 0.5) is 5.69 Å². The van der Waals surface area contributed by atoms with Gasteiger partial charge in [-0.2, -0.15) is 0 Å². The number of ether oxygens (including phenoxy) is 1. The summed E-state index contributed by atoms with van der Waals surface area (Å²) >= 11 is 0. The summed E-state index contributed by atoms with van der Waals surface area (Å²) in [6.45, 7) is 4.38. The zero-order valence-electron chi connectivity index (χ0n) is 20.9.